The fourth-order valence-electron chi connectivity index (χ4n) is 1.45. The Morgan fingerprint density at radius 2 is 1.68 bits per heavy atom. The van der Waals surface area contributed by atoms with Crippen LogP contribution < -0.4 is 5.32 Å². The summed E-state index contributed by atoms with van der Waals surface area (Å²) in [6.45, 7) is 1.58. The highest BCUT2D eigenvalue weighted by Gasteiger charge is 2.26. The maximum atomic E-state index is 13.4. The molecule has 0 atom stereocenters. The number of nitrogens with zero attached hydrogens (tertiary/aromatic N) is 1. The van der Waals surface area contributed by atoms with Crippen molar-refractivity contribution in [1.82, 2.24) is 5.16 Å². The van der Waals surface area contributed by atoms with E-state index < -0.39 is 45.6 Å². The second kappa shape index (κ2) is 6.34. The molecule has 0 aliphatic heterocycles. The van der Waals surface area contributed by atoms with Crippen LogP contribution in [-0.4, -0.2) is 16.8 Å². The number of aryl methyl sites for hydroxylation is 1. The van der Waals surface area contributed by atoms with E-state index in [-0.39, 0.29) is 17.6 Å². The molecule has 0 radical (unpaired) electrons. The number of nitrogens with one attached hydrogen (secondary N) is 1. The Bertz CT molecular complexity index is 706. The average molecular weight is 338 g/mol. The van der Waals surface area contributed by atoms with Crippen LogP contribution in [0.25, 0.3) is 0 Å². The molecule has 0 aliphatic carbocycles. The molecule has 0 unspecified atom stereocenters. The van der Waals surface area contributed by atoms with Gasteiger partial charge in [-0.25, -0.2) is 22.0 Å². The van der Waals surface area contributed by atoms with Crippen molar-refractivity contribution in [2.24, 2.45) is 0 Å². The zero-order chi connectivity index (χ0) is 16.4. The van der Waals surface area contributed by atoms with Crippen molar-refractivity contribution >= 4 is 23.5 Å². The zero-order valence-electron chi connectivity index (χ0n) is 10.8. The molecule has 0 saturated carbocycles. The van der Waals surface area contributed by atoms with Crippen molar-refractivity contribution in [2.45, 2.75) is 11.8 Å². The van der Waals surface area contributed by atoms with Gasteiger partial charge in [0.15, 0.2) is 29.1 Å². The van der Waals surface area contributed by atoms with Crippen molar-refractivity contribution in [2.75, 3.05) is 11.1 Å². The second-order valence-electron chi connectivity index (χ2n) is 4.06. The predicted octanol–water partition coefficient (Wildman–Crippen LogP) is 3.41. The number of amides is 1. The van der Waals surface area contributed by atoms with E-state index in [0.29, 0.717) is 5.76 Å². The molecule has 2 rings (SSSR count). The van der Waals surface area contributed by atoms with Gasteiger partial charge < -0.3 is 9.84 Å². The fraction of sp³-hybridized carbons (Fsp3) is 0.167. The van der Waals surface area contributed by atoms with Gasteiger partial charge in [-0.05, 0) is 6.92 Å². The van der Waals surface area contributed by atoms with Gasteiger partial charge in [-0.15, -0.1) is 11.8 Å². The third-order valence-corrected chi connectivity index (χ3v) is 3.47. The van der Waals surface area contributed by atoms with E-state index in [1.54, 1.807) is 6.92 Å². The SMILES string of the molecule is Cc1cc(NC(=O)CSc2c(F)c(F)c(F)c(F)c2F)no1. The van der Waals surface area contributed by atoms with Crippen LogP contribution in [0.1, 0.15) is 5.76 Å². The van der Waals surface area contributed by atoms with E-state index in [1.807, 2.05) is 0 Å². The molecule has 0 spiro atoms. The summed E-state index contributed by atoms with van der Waals surface area (Å²) < 4.78 is 70.3. The maximum Gasteiger partial charge on any atom is 0.235 e. The summed E-state index contributed by atoms with van der Waals surface area (Å²) in [6.07, 6.45) is 0. The van der Waals surface area contributed by atoms with Gasteiger partial charge >= 0.3 is 0 Å². The third-order valence-electron chi connectivity index (χ3n) is 2.41. The third kappa shape index (κ3) is 3.21. The van der Waals surface area contributed by atoms with Crippen molar-refractivity contribution in [3.05, 3.63) is 40.9 Å². The van der Waals surface area contributed by atoms with E-state index in [2.05, 4.69) is 15.0 Å². The fourth-order valence-corrected chi connectivity index (χ4v) is 2.23. The number of thioether (sulfide) groups is 1. The molecule has 22 heavy (non-hydrogen) atoms. The molecule has 1 aromatic heterocycles. The molecule has 0 aliphatic rings. The number of halogens is 5. The van der Waals surface area contributed by atoms with Gasteiger partial charge in [0.25, 0.3) is 0 Å². The summed E-state index contributed by atoms with van der Waals surface area (Å²) >= 11 is 0.178. The van der Waals surface area contributed by atoms with Crippen LogP contribution in [0.5, 0.6) is 0 Å². The normalized spacial score (nSPS) is 10.8. The van der Waals surface area contributed by atoms with Gasteiger partial charge in [-0.1, -0.05) is 5.16 Å². The lowest BCUT2D eigenvalue weighted by molar-refractivity contribution is -0.113. The number of hydrogen-bond acceptors (Lipinski definition) is 4. The molecule has 1 N–H and O–H groups in total. The van der Waals surface area contributed by atoms with Crippen LogP contribution in [0, 0.1) is 36.0 Å². The van der Waals surface area contributed by atoms with Gasteiger partial charge in [-0.2, -0.15) is 0 Å². The van der Waals surface area contributed by atoms with Crippen molar-refractivity contribution in [3.63, 3.8) is 0 Å². The summed E-state index contributed by atoms with van der Waals surface area (Å²) in [5.41, 5.74) is 0. The van der Waals surface area contributed by atoms with Crippen LogP contribution in [0.3, 0.4) is 0 Å². The standard InChI is InChI=1S/C12H7F5N2O2S/c1-4-2-5(19-21-4)18-6(20)3-22-12-10(16)8(14)7(13)9(15)11(12)17/h2H,3H2,1H3,(H,18,19,20). The molecule has 1 amide bonds. The van der Waals surface area contributed by atoms with Gasteiger partial charge in [-0.3, -0.25) is 4.79 Å². The van der Waals surface area contributed by atoms with Gasteiger partial charge in [0, 0.05) is 6.07 Å². The molecular formula is C12H7F5N2O2S. The number of benzene rings is 1. The molecule has 1 aromatic carbocycles. The molecule has 10 heteroatoms. The molecule has 0 saturated heterocycles. The summed E-state index contributed by atoms with van der Waals surface area (Å²) in [7, 11) is 0. The number of carbonyl (C=O) groups is 1. The van der Waals surface area contributed by atoms with E-state index in [1.165, 1.54) is 6.07 Å². The molecule has 2 aromatic rings. The molecule has 4 nitrogen and oxygen atoms in total. The zero-order valence-corrected chi connectivity index (χ0v) is 11.7. The smallest absolute Gasteiger partial charge is 0.235 e. The van der Waals surface area contributed by atoms with Crippen LogP contribution in [-0.2, 0) is 4.79 Å². The monoisotopic (exact) mass is 338 g/mol. The van der Waals surface area contributed by atoms with Crippen molar-refractivity contribution in [3.8, 4) is 0 Å². The average Bonchev–Trinajstić information content (AvgIpc) is 2.88. The predicted molar refractivity (Wildman–Crippen MR) is 66.8 cm³/mol. The van der Waals surface area contributed by atoms with E-state index in [4.69, 9.17) is 0 Å². The first kappa shape index (κ1) is 16.3. The molecule has 0 bridgehead atoms. The summed E-state index contributed by atoms with van der Waals surface area (Å²) in [5, 5.41) is 5.69. The first-order valence-corrected chi connectivity index (χ1v) is 6.67. The van der Waals surface area contributed by atoms with Crippen LogP contribution in [0.4, 0.5) is 27.8 Å². The van der Waals surface area contributed by atoms with E-state index in [9.17, 15) is 26.7 Å². The number of aromatic nitrogens is 1. The van der Waals surface area contributed by atoms with Crippen LogP contribution >= 0.6 is 11.8 Å². The summed E-state index contributed by atoms with van der Waals surface area (Å²) in [6, 6.07) is 1.39. The Balaban J connectivity index is 2.10. The minimum Gasteiger partial charge on any atom is -0.360 e. The van der Waals surface area contributed by atoms with E-state index >= 15 is 0 Å². The number of hydrogen-bond donors (Lipinski definition) is 1. The first-order chi connectivity index (χ1) is 10.3. The molecular weight excluding hydrogens is 331 g/mol. The quantitative estimate of drug-likeness (QED) is 0.402. The lowest BCUT2D eigenvalue weighted by Crippen LogP contribution is -2.15. The Labute approximate surface area is 124 Å². The number of rotatable bonds is 4. The Kier molecular flexibility index (Phi) is 4.69. The Morgan fingerprint density at radius 3 is 2.18 bits per heavy atom. The Morgan fingerprint density at radius 1 is 1.14 bits per heavy atom. The highest BCUT2D eigenvalue weighted by Crippen LogP contribution is 2.30. The Hall–Kier alpha value is -2.10. The maximum absolute atomic E-state index is 13.4. The summed E-state index contributed by atoms with van der Waals surface area (Å²) in [5.74, 6) is -11.2. The highest BCUT2D eigenvalue weighted by molar-refractivity contribution is 8.00. The minimum absolute atomic E-state index is 0.0699. The van der Waals surface area contributed by atoms with Crippen LogP contribution in [0.2, 0.25) is 0 Å². The van der Waals surface area contributed by atoms with E-state index in [0.717, 1.165) is 0 Å². The van der Waals surface area contributed by atoms with Crippen molar-refractivity contribution < 1.29 is 31.3 Å². The number of carbonyl (C=O) groups excluding carboxylic acids is 1. The largest absolute Gasteiger partial charge is 0.360 e. The second-order valence-corrected chi connectivity index (χ2v) is 5.04. The first-order valence-electron chi connectivity index (χ1n) is 5.68. The lowest BCUT2D eigenvalue weighted by Gasteiger charge is -2.07. The highest BCUT2D eigenvalue weighted by atomic mass is 32.2. The molecule has 118 valence electrons. The molecule has 1 heterocycles. The van der Waals surface area contributed by atoms with Gasteiger partial charge in [0.05, 0.1) is 10.6 Å². The van der Waals surface area contributed by atoms with Crippen molar-refractivity contribution in [1.29, 1.82) is 0 Å². The topological polar surface area (TPSA) is 55.1 Å². The lowest BCUT2D eigenvalue weighted by atomic mass is 10.3. The van der Waals surface area contributed by atoms with Gasteiger partial charge in [0.2, 0.25) is 11.7 Å². The summed E-state index contributed by atoms with van der Waals surface area (Å²) in [4.78, 5) is 10.4. The van der Waals surface area contributed by atoms with Crippen LogP contribution in [0.15, 0.2) is 15.5 Å². The number of anilines is 1. The minimum atomic E-state index is -2.25. The molecule has 0 fully saturated rings. The van der Waals surface area contributed by atoms with Gasteiger partial charge in [0.1, 0.15) is 5.76 Å².